The van der Waals surface area contributed by atoms with E-state index >= 15 is 0 Å². The van der Waals surface area contributed by atoms with E-state index in [0.717, 1.165) is 80.8 Å². The third kappa shape index (κ3) is 5.96. The number of nitrogens with zero attached hydrogens (tertiary/aromatic N) is 3. The molecule has 1 fully saturated rings. The predicted molar refractivity (Wildman–Crippen MR) is 162 cm³/mol. The molecule has 1 unspecified atom stereocenters. The molecule has 7 heteroatoms. The topological polar surface area (TPSA) is 74.3 Å². The van der Waals surface area contributed by atoms with Crippen LogP contribution in [0.1, 0.15) is 34.6 Å². The second-order valence-electron chi connectivity index (χ2n) is 10.6. The molecule has 2 heterocycles. The first-order chi connectivity index (χ1) is 19.8. The lowest BCUT2D eigenvalue weighted by Gasteiger charge is -2.28. The Morgan fingerprint density at radius 3 is 2.60 bits per heavy atom. The van der Waals surface area contributed by atoms with Crippen molar-refractivity contribution in [2.45, 2.75) is 25.3 Å². The summed E-state index contributed by atoms with van der Waals surface area (Å²) in [5.41, 5.74) is 8.33. The largest absolute Gasteiger partial charge is 0.496 e. The molecule has 0 saturated carbocycles. The van der Waals surface area contributed by atoms with Crippen molar-refractivity contribution in [2.75, 3.05) is 57.0 Å². The van der Waals surface area contributed by atoms with Crippen LogP contribution in [0.3, 0.4) is 0 Å². The van der Waals surface area contributed by atoms with Crippen LogP contribution in [-0.2, 0) is 13.0 Å². The number of piperazine rings is 1. The molecule has 1 atom stereocenters. The summed E-state index contributed by atoms with van der Waals surface area (Å²) in [6.07, 6.45) is 4.00. The lowest BCUT2D eigenvalue weighted by Crippen LogP contribution is -2.44. The number of hydrogen-bond donors (Lipinski definition) is 3. The van der Waals surface area contributed by atoms with E-state index in [1.807, 2.05) is 24.4 Å². The highest BCUT2D eigenvalue weighted by atomic mass is 16.5. The highest BCUT2D eigenvalue weighted by molar-refractivity contribution is 5.72. The number of benzene rings is 3. The van der Waals surface area contributed by atoms with Crippen LogP contribution in [0.15, 0.2) is 79.0 Å². The Labute approximate surface area is 237 Å². The molecule has 0 amide bonds. The fraction of sp³-hybridized carbons (Fsp3) is 0.333. The Bertz CT molecular complexity index is 1420. The van der Waals surface area contributed by atoms with Gasteiger partial charge in [0.1, 0.15) is 5.75 Å². The molecule has 4 aromatic rings. The Morgan fingerprint density at radius 2 is 1.75 bits per heavy atom. The molecule has 206 valence electrons. The van der Waals surface area contributed by atoms with Crippen molar-refractivity contribution in [2.24, 2.45) is 0 Å². The van der Waals surface area contributed by atoms with Crippen LogP contribution in [0.5, 0.6) is 5.75 Å². The van der Waals surface area contributed by atoms with Crippen molar-refractivity contribution in [1.29, 1.82) is 0 Å². The van der Waals surface area contributed by atoms with Gasteiger partial charge in [0, 0.05) is 68.2 Å². The first-order valence-electron chi connectivity index (χ1n) is 14.4. The smallest absolute Gasteiger partial charge is 0.223 e. The van der Waals surface area contributed by atoms with Crippen molar-refractivity contribution >= 4 is 11.6 Å². The van der Waals surface area contributed by atoms with Crippen molar-refractivity contribution in [1.82, 2.24) is 20.2 Å². The fourth-order valence-corrected chi connectivity index (χ4v) is 5.84. The number of nitrogens with one attached hydrogen (secondary N) is 3. The number of ether oxygens (including phenoxy) is 1. The number of fused-ring (bicyclic) bond motifs is 3. The SMILES string of the molecule is COc1ccccc1CNc1ccc(C2Cc3cnc(NCCCN4CCNCC4)nc3-c3ccccc32)cc1. The van der Waals surface area contributed by atoms with Gasteiger partial charge in [0.2, 0.25) is 5.95 Å². The molecular formula is C33H38N6O. The summed E-state index contributed by atoms with van der Waals surface area (Å²) < 4.78 is 5.49. The molecule has 40 heavy (non-hydrogen) atoms. The van der Waals surface area contributed by atoms with Crippen molar-refractivity contribution < 1.29 is 4.74 Å². The summed E-state index contributed by atoms with van der Waals surface area (Å²) in [5, 5.41) is 10.4. The van der Waals surface area contributed by atoms with Gasteiger partial charge < -0.3 is 25.6 Å². The van der Waals surface area contributed by atoms with E-state index < -0.39 is 0 Å². The lowest BCUT2D eigenvalue weighted by molar-refractivity contribution is 0.240. The maximum absolute atomic E-state index is 5.49. The van der Waals surface area contributed by atoms with Gasteiger partial charge >= 0.3 is 0 Å². The molecule has 0 radical (unpaired) electrons. The highest BCUT2D eigenvalue weighted by Crippen LogP contribution is 2.42. The average Bonchev–Trinajstić information content (AvgIpc) is 3.02. The second-order valence-corrected chi connectivity index (χ2v) is 10.6. The molecule has 1 aliphatic heterocycles. The van der Waals surface area contributed by atoms with E-state index in [-0.39, 0.29) is 5.92 Å². The van der Waals surface area contributed by atoms with E-state index in [9.17, 15) is 0 Å². The van der Waals surface area contributed by atoms with Crippen LogP contribution in [0, 0.1) is 0 Å². The third-order valence-corrected chi connectivity index (χ3v) is 8.01. The van der Waals surface area contributed by atoms with E-state index in [2.05, 4.69) is 75.4 Å². The van der Waals surface area contributed by atoms with E-state index in [4.69, 9.17) is 14.7 Å². The molecule has 1 aliphatic carbocycles. The molecule has 1 saturated heterocycles. The van der Waals surface area contributed by atoms with Crippen molar-refractivity contribution in [3.8, 4) is 17.0 Å². The summed E-state index contributed by atoms with van der Waals surface area (Å²) in [4.78, 5) is 12.2. The zero-order chi connectivity index (χ0) is 27.1. The average molecular weight is 535 g/mol. The van der Waals surface area contributed by atoms with Crippen LogP contribution in [0.25, 0.3) is 11.3 Å². The predicted octanol–water partition coefficient (Wildman–Crippen LogP) is 5.16. The van der Waals surface area contributed by atoms with Gasteiger partial charge in [-0.15, -0.1) is 0 Å². The standard InChI is InChI=1S/C33H38N6O/c1-40-31-10-5-2-7-25(31)22-36-27-13-11-24(12-14-27)30-21-26-23-37-33(35-15-6-18-39-19-16-34-17-20-39)38-32(26)29-9-4-3-8-28(29)30/h2-5,7-14,23,30,34,36H,6,15-22H2,1H3,(H,35,37,38). The van der Waals surface area contributed by atoms with E-state index in [0.29, 0.717) is 6.54 Å². The quantitative estimate of drug-likeness (QED) is 0.243. The minimum absolute atomic E-state index is 0.272. The highest BCUT2D eigenvalue weighted by Gasteiger charge is 2.27. The molecule has 3 N–H and O–H groups in total. The number of para-hydroxylation sites is 1. The first kappa shape index (κ1) is 26.3. The van der Waals surface area contributed by atoms with Gasteiger partial charge in [0.05, 0.1) is 12.8 Å². The van der Waals surface area contributed by atoms with Crippen LogP contribution < -0.4 is 20.7 Å². The number of methoxy groups -OCH3 is 1. The van der Waals surface area contributed by atoms with Gasteiger partial charge in [0.15, 0.2) is 0 Å². The Morgan fingerprint density at radius 1 is 0.950 bits per heavy atom. The van der Waals surface area contributed by atoms with Crippen LogP contribution >= 0.6 is 0 Å². The molecule has 1 aromatic heterocycles. The van der Waals surface area contributed by atoms with Gasteiger partial charge in [-0.05, 0) is 54.3 Å². The van der Waals surface area contributed by atoms with E-state index in [1.165, 1.54) is 22.3 Å². The summed E-state index contributed by atoms with van der Waals surface area (Å²) in [7, 11) is 1.71. The van der Waals surface area contributed by atoms with Gasteiger partial charge in [-0.2, -0.15) is 0 Å². The number of rotatable bonds is 10. The van der Waals surface area contributed by atoms with Crippen LogP contribution in [0.4, 0.5) is 11.6 Å². The normalized spacial score (nSPS) is 16.6. The number of anilines is 2. The van der Waals surface area contributed by atoms with Crippen LogP contribution in [0.2, 0.25) is 0 Å². The lowest BCUT2D eigenvalue weighted by atomic mass is 9.78. The van der Waals surface area contributed by atoms with Crippen molar-refractivity contribution in [3.05, 3.63) is 101 Å². The number of hydrogen-bond acceptors (Lipinski definition) is 7. The van der Waals surface area contributed by atoms with Gasteiger partial charge in [-0.1, -0.05) is 54.6 Å². The van der Waals surface area contributed by atoms with E-state index in [1.54, 1.807) is 7.11 Å². The zero-order valence-corrected chi connectivity index (χ0v) is 23.2. The van der Waals surface area contributed by atoms with Gasteiger partial charge in [0.25, 0.3) is 0 Å². The summed E-state index contributed by atoms with van der Waals surface area (Å²) in [6, 6.07) is 25.6. The third-order valence-electron chi connectivity index (χ3n) is 8.01. The molecule has 0 spiro atoms. The molecule has 7 nitrogen and oxygen atoms in total. The number of aromatic nitrogens is 2. The first-order valence-corrected chi connectivity index (χ1v) is 14.4. The molecule has 6 rings (SSSR count). The maximum atomic E-state index is 5.49. The van der Waals surface area contributed by atoms with Crippen molar-refractivity contribution in [3.63, 3.8) is 0 Å². The molecule has 0 bridgehead atoms. The minimum atomic E-state index is 0.272. The molecular weight excluding hydrogens is 496 g/mol. The molecule has 2 aliphatic rings. The monoisotopic (exact) mass is 534 g/mol. The van der Waals surface area contributed by atoms with Crippen LogP contribution in [-0.4, -0.2) is 61.2 Å². The molecule has 3 aromatic carbocycles. The Hall–Kier alpha value is -3.94. The summed E-state index contributed by atoms with van der Waals surface area (Å²) in [6.45, 7) is 7.15. The Kier molecular flexibility index (Phi) is 8.21. The fourth-order valence-electron chi connectivity index (χ4n) is 5.84. The van der Waals surface area contributed by atoms with Gasteiger partial charge in [-0.25, -0.2) is 9.97 Å². The second kappa shape index (κ2) is 12.5. The Balaban J connectivity index is 1.13. The van der Waals surface area contributed by atoms with Gasteiger partial charge in [-0.3, -0.25) is 0 Å². The maximum Gasteiger partial charge on any atom is 0.223 e. The minimum Gasteiger partial charge on any atom is -0.496 e. The zero-order valence-electron chi connectivity index (χ0n) is 23.2. The summed E-state index contributed by atoms with van der Waals surface area (Å²) >= 11 is 0. The summed E-state index contributed by atoms with van der Waals surface area (Å²) in [5.74, 6) is 1.89.